The lowest BCUT2D eigenvalue weighted by molar-refractivity contribution is 0.976. The Labute approximate surface area is 69.8 Å². The van der Waals surface area contributed by atoms with E-state index < -0.39 is 11.2 Å². The molecule has 0 fully saturated rings. The quantitative estimate of drug-likeness (QED) is 0.429. The number of aromatic nitrogens is 5. The van der Waals surface area contributed by atoms with Crippen molar-refractivity contribution in [2.75, 3.05) is 5.73 Å². The van der Waals surface area contributed by atoms with Crippen molar-refractivity contribution in [3.05, 3.63) is 20.8 Å². The monoisotopic (exact) mass is 180 g/mol. The largest absolute Gasteiger partial charge is 0.366 e. The second kappa shape index (κ2) is 2.37. The number of hydrogen-bond acceptors (Lipinski definition) is 6. The lowest BCUT2D eigenvalue weighted by atomic mass is 10.5. The number of anilines is 1. The Balaban J connectivity index is 3.03. The molecular formula is C5H4N6O2. The van der Waals surface area contributed by atoms with E-state index in [1.54, 1.807) is 0 Å². The summed E-state index contributed by atoms with van der Waals surface area (Å²) in [5, 5.41) is 6.84. The number of hydrogen-bond donors (Lipinski definition) is 3. The molecule has 8 heteroatoms. The summed E-state index contributed by atoms with van der Waals surface area (Å²) in [5.41, 5.74) is 3.89. The van der Waals surface area contributed by atoms with Crippen LogP contribution in [0.15, 0.2) is 9.59 Å². The molecule has 0 aliphatic rings. The molecule has 0 bridgehead atoms. The molecule has 8 nitrogen and oxygen atoms in total. The van der Waals surface area contributed by atoms with Crippen LogP contribution in [0.4, 0.5) is 5.95 Å². The Bertz CT molecular complexity index is 569. The predicted octanol–water partition coefficient (Wildman–Crippen LogP) is -2.02. The molecule has 0 saturated carbocycles. The average molecular weight is 180 g/mol. The maximum Gasteiger partial charge on any atom is 0.327 e. The third-order valence-corrected chi connectivity index (χ3v) is 1.38. The molecule has 0 aliphatic carbocycles. The van der Waals surface area contributed by atoms with Crippen molar-refractivity contribution >= 4 is 17.1 Å². The van der Waals surface area contributed by atoms with Gasteiger partial charge in [0.1, 0.15) is 0 Å². The molecule has 2 aromatic rings. The summed E-state index contributed by atoms with van der Waals surface area (Å²) in [5.74, 6) is -0.103. The van der Waals surface area contributed by atoms with Gasteiger partial charge in [0.15, 0.2) is 11.2 Å². The number of aromatic amines is 2. The zero-order chi connectivity index (χ0) is 9.42. The van der Waals surface area contributed by atoms with Crippen molar-refractivity contribution in [3.8, 4) is 0 Å². The maximum atomic E-state index is 11.1. The Morgan fingerprint density at radius 2 is 1.92 bits per heavy atom. The van der Waals surface area contributed by atoms with Gasteiger partial charge in [-0.1, -0.05) is 0 Å². The van der Waals surface area contributed by atoms with Gasteiger partial charge in [0, 0.05) is 0 Å². The molecule has 2 aromatic heterocycles. The highest BCUT2D eigenvalue weighted by Crippen LogP contribution is 1.95. The molecule has 2 heterocycles. The first-order valence-electron chi connectivity index (χ1n) is 3.29. The summed E-state index contributed by atoms with van der Waals surface area (Å²) in [4.78, 5) is 29.7. The Morgan fingerprint density at radius 3 is 2.69 bits per heavy atom. The molecule has 0 aliphatic heterocycles. The van der Waals surface area contributed by atoms with Gasteiger partial charge >= 0.3 is 5.69 Å². The number of fused-ring (bicyclic) bond motifs is 1. The molecule has 13 heavy (non-hydrogen) atoms. The van der Waals surface area contributed by atoms with Crippen LogP contribution >= 0.6 is 0 Å². The number of nitrogen functional groups attached to an aromatic ring is 1. The molecule has 4 N–H and O–H groups in total. The van der Waals surface area contributed by atoms with Gasteiger partial charge in [0.05, 0.1) is 0 Å². The maximum absolute atomic E-state index is 11.1. The van der Waals surface area contributed by atoms with Crippen molar-refractivity contribution in [3.63, 3.8) is 0 Å². The van der Waals surface area contributed by atoms with Crippen molar-refractivity contribution in [1.29, 1.82) is 0 Å². The van der Waals surface area contributed by atoms with Gasteiger partial charge < -0.3 is 5.73 Å². The zero-order valence-electron chi connectivity index (χ0n) is 6.24. The van der Waals surface area contributed by atoms with Crippen molar-refractivity contribution in [2.24, 2.45) is 0 Å². The summed E-state index contributed by atoms with van der Waals surface area (Å²) < 4.78 is 0. The van der Waals surface area contributed by atoms with E-state index in [0.29, 0.717) is 0 Å². The van der Waals surface area contributed by atoms with Gasteiger partial charge in [0.25, 0.3) is 5.56 Å². The minimum Gasteiger partial charge on any atom is -0.366 e. The fourth-order valence-corrected chi connectivity index (χ4v) is 0.880. The van der Waals surface area contributed by atoms with Crippen LogP contribution in [-0.4, -0.2) is 25.1 Å². The first-order chi connectivity index (χ1) is 6.16. The normalized spacial score (nSPS) is 10.5. The van der Waals surface area contributed by atoms with Gasteiger partial charge in [-0.3, -0.25) is 14.8 Å². The van der Waals surface area contributed by atoms with Crippen LogP contribution in [0.25, 0.3) is 11.2 Å². The van der Waals surface area contributed by atoms with E-state index in [9.17, 15) is 9.59 Å². The molecule has 0 saturated heterocycles. The van der Waals surface area contributed by atoms with Crippen LogP contribution in [0.5, 0.6) is 0 Å². The number of nitrogens with zero attached hydrogens (tertiary/aromatic N) is 3. The SMILES string of the molecule is Nc1nnc2c(=O)[nH]c(=O)[nH]c2n1. The fourth-order valence-electron chi connectivity index (χ4n) is 0.880. The third-order valence-electron chi connectivity index (χ3n) is 1.38. The van der Waals surface area contributed by atoms with Crippen LogP contribution in [0.1, 0.15) is 0 Å². The summed E-state index contributed by atoms with van der Waals surface area (Å²) in [6, 6.07) is 0. The molecule has 0 radical (unpaired) electrons. The Hall–Kier alpha value is -2.25. The third kappa shape index (κ3) is 1.13. The average Bonchev–Trinajstić information content (AvgIpc) is 2.02. The molecule has 2 rings (SSSR count). The van der Waals surface area contributed by atoms with Crippen LogP contribution < -0.4 is 17.0 Å². The van der Waals surface area contributed by atoms with E-state index >= 15 is 0 Å². The molecular weight excluding hydrogens is 176 g/mol. The van der Waals surface area contributed by atoms with Gasteiger partial charge in [-0.05, 0) is 0 Å². The Kier molecular flexibility index (Phi) is 1.35. The molecule has 0 amide bonds. The highest BCUT2D eigenvalue weighted by Gasteiger charge is 2.03. The summed E-state index contributed by atoms with van der Waals surface area (Å²) in [6.07, 6.45) is 0. The van der Waals surface area contributed by atoms with E-state index in [1.807, 2.05) is 4.98 Å². The fraction of sp³-hybridized carbons (Fsp3) is 0. The standard InChI is InChI=1S/C5H4N6O2/c6-4-7-2-1(10-11-4)3(12)9-5(13)8-2/h(H4,6,7,8,9,11,12,13). The summed E-state index contributed by atoms with van der Waals surface area (Å²) in [6.45, 7) is 0. The summed E-state index contributed by atoms with van der Waals surface area (Å²) in [7, 11) is 0. The van der Waals surface area contributed by atoms with Crippen LogP contribution in [0.3, 0.4) is 0 Å². The molecule has 0 atom stereocenters. The predicted molar refractivity (Wildman–Crippen MR) is 43.0 cm³/mol. The first-order valence-corrected chi connectivity index (χ1v) is 3.29. The van der Waals surface area contributed by atoms with Crippen LogP contribution in [0.2, 0.25) is 0 Å². The zero-order valence-corrected chi connectivity index (χ0v) is 6.24. The van der Waals surface area contributed by atoms with Crippen molar-refractivity contribution in [1.82, 2.24) is 25.1 Å². The van der Waals surface area contributed by atoms with E-state index in [0.717, 1.165) is 0 Å². The van der Waals surface area contributed by atoms with E-state index in [1.165, 1.54) is 0 Å². The smallest absolute Gasteiger partial charge is 0.327 e. The molecule has 66 valence electrons. The van der Waals surface area contributed by atoms with E-state index in [-0.39, 0.29) is 17.1 Å². The Morgan fingerprint density at radius 1 is 1.15 bits per heavy atom. The minimum absolute atomic E-state index is 0.0289. The lowest BCUT2D eigenvalue weighted by Gasteiger charge is -1.93. The van der Waals surface area contributed by atoms with Crippen molar-refractivity contribution < 1.29 is 0 Å². The van der Waals surface area contributed by atoms with E-state index in [2.05, 4.69) is 20.2 Å². The van der Waals surface area contributed by atoms with Crippen LogP contribution in [0, 0.1) is 0 Å². The van der Waals surface area contributed by atoms with Gasteiger partial charge in [-0.2, -0.15) is 4.98 Å². The van der Waals surface area contributed by atoms with Gasteiger partial charge in [-0.15, -0.1) is 10.2 Å². The topological polar surface area (TPSA) is 130 Å². The number of nitrogens with two attached hydrogens (primary N) is 1. The number of rotatable bonds is 0. The van der Waals surface area contributed by atoms with E-state index in [4.69, 9.17) is 5.73 Å². The second-order valence-electron chi connectivity index (χ2n) is 2.28. The van der Waals surface area contributed by atoms with Gasteiger partial charge in [-0.25, -0.2) is 4.79 Å². The lowest BCUT2D eigenvalue weighted by Crippen LogP contribution is -2.23. The van der Waals surface area contributed by atoms with Gasteiger partial charge in [0.2, 0.25) is 5.95 Å². The highest BCUT2D eigenvalue weighted by atomic mass is 16.2. The number of H-pyrrole nitrogens is 2. The molecule has 0 spiro atoms. The summed E-state index contributed by atoms with van der Waals surface area (Å²) >= 11 is 0. The highest BCUT2D eigenvalue weighted by molar-refractivity contribution is 5.67. The van der Waals surface area contributed by atoms with Crippen LogP contribution in [-0.2, 0) is 0 Å². The minimum atomic E-state index is -0.655. The molecule has 0 aromatic carbocycles. The first kappa shape index (κ1) is 7.40. The number of nitrogens with one attached hydrogen (secondary N) is 2. The van der Waals surface area contributed by atoms with Crippen molar-refractivity contribution in [2.45, 2.75) is 0 Å². The molecule has 0 unspecified atom stereocenters. The second-order valence-corrected chi connectivity index (χ2v) is 2.28.